The zero-order valence-electron chi connectivity index (χ0n) is 8.80. The van der Waals surface area contributed by atoms with E-state index in [0.717, 1.165) is 0 Å². The van der Waals surface area contributed by atoms with Crippen molar-refractivity contribution in [2.75, 3.05) is 24.6 Å². The fraction of sp³-hybridized carbons (Fsp3) is 0.750. The smallest absolute Gasteiger partial charge is 0.228 e. The van der Waals surface area contributed by atoms with Crippen molar-refractivity contribution >= 4 is 19.9 Å². The molecule has 0 saturated heterocycles. The fourth-order valence-electron chi connectivity index (χ4n) is 1.46. The van der Waals surface area contributed by atoms with Crippen molar-refractivity contribution < 1.29 is 16.8 Å². The highest BCUT2D eigenvalue weighted by Crippen LogP contribution is 2.20. The summed E-state index contributed by atoms with van der Waals surface area (Å²) in [6, 6.07) is 0. The average Bonchev–Trinajstić information content (AvgIpc) is 2.48. The molecule has 0 unspecified atom stereocenters. The lowest BCUT2D eigenvalue weighted by molar-refractivity contribution is 0.450. The molecule has 0 saturated carbocycles. The summed E-state index contributed by atoms with van der Waals surface area (Å²) >= 11 is 0. The van der Waals surface area contributed by atoms with Gasteiger partial charge in [-0.15, -0.1) is 0 Å². The van der Waals surface area contributed by atoms with Gasteiger partial charge in [-0.2, -0.15) is 4.31 Å². The first-order valence-corrected chi connectivity index (χ1v) is 7.99. The van der Waals surface area contributed by atoms with Gasteiger partial charge in [-0.1, -0.05) is 19.9 Å². The maximum Gasteiger partial charge on any atom is 0.239 e. The molecule has 1 aliphatic heterocycles. The number of sulfone groups is 1. The van der Waals surface area contributed by atoms with E-state index in [0.29, 0.717) is 13.1 Å². The molecule has 1 heterocycles. The van der Waals surface area contributed by atoms with E-state index in [1.165, 1.54) is 10.4 Å². The molecular formula is C8H15NO4S2. The second-order valence-electron chi connectivity index (χ2n) is 3.31. The van der Waals surface area contributed by atoms with Gasteiger partial charge in [0.05, 0.1) is 16.4 Å². The summed E-state index contributed by atoms with van der Waals surface area (Å²) in [5.41, 5.74) is 0. The highest BCUT2D eigenvalue weighted by Gasteiger charge is 2.32. The SMILES string of the molecule is CCN(CC)S(=O)(=O)C1=CCS(=O)(=O)C1. The lowest BCUT2D eigenvalue weighted by atomic mass is 10.6. The Balaban J connectivity index is 3.00. The number of rotatable bonds is 4. The van der Waals surface area contributed by atoms with Gasteiger partial charge >= 0.3 is 0 Å². The van der Waals surface area contributed by atoms with Gasteiger partial charge in [0.25, 0.3) is 0 Å². The third-order valence-electron chi connectivity index (χ3n) is 2.30. The Hall–Kier alpha value is -0.400. The third-order valence-corrected chi connectivity index (χ3v) is 6.08. The summed E-state index contributed by atoms with van der Waals surface area (Å²) in [4.78, 5) is 0.0196. The van der Waals surface area contributed by atoms with E-state index in [-0.39, 0.29) is 16.4 Å². The van der Waals surface area contributed by atoms with Gasteiger partial charge in [0, 0.05) is 13.1 Å². The monoisotopic (exact) mass is 253 g/mol. The van der Waals surface area contributed by atoms with Crippen LogP contribution in [0.5, 0.6) is 0 Å². The van der Waals surface area contributed by atoms with Crippen molar-refractivity contribution in [2.24, 2.45) is 0 Å². The van der Waals surface area contributed by atoms with E-state index >= 15 is 0 Å². The number of hydrogen-bond donors (Lipinski definition) is 0. The molecule has 0 bridgehead atoms. The van der Waals surface area contributed by atoms with Crippen molar-refractivity contribution in [3.05, 3.63) is 11.0 Å². The third kappa shape index (κ3) is 2.59. The molecule has 0 N–H and O–H groups in total. The Labute approximate surface area is 90.7 Å². The lowest BCUT2D eigenvalue weighted by Gasteiger charge is -2.18. The van der Waals surface area contributed by atoms with Gasteiger partial charge in [-0.05, 0) is 0 Å². The molecule has 1 rings (SSSR count). The van der Waals surface area contributed by atoms with E-state index in [2.05, 4.69) is 0 Å². The van der Waals surface area contributed by atoms with Crippen molar-refractivity contribution in [2.45, 2.75) is 13.8 Å². The highest BCUT2D eigenvalue weighted by atomic mass is 32.2. The average molecular weight is 253 g/mol. The second-order valence-corrected chi connectivity index (χ2v) is 7.41. The standard InChI is InChI=1S/C8H15NO4S2/c1-3-9(4-2)15(12,13)8-5-6-14(10,11)7-8/h5H,3-4,6-7H2,1-2H3. The van der Waals surface area contributed by atoms with Crippen LogP contribution in [-0.4, -0.2) is 45.7 Å². The number of nitrogens with zero attached hydrogens (tertiary/aromatic N) is 1. The Kier molecular flexibility index (Phi) is 3.57. The predicted molar refractivity (Wildman–Crippen MR) is 58.6 cm³/mol. The number of sulfonamides is 1. The molecule has 0 aromatic rings. The van der Waals surface area contributed by atoms with E-state index in [4.69, 9.17) is 0 Å². The van der Waals surface area contributed by atoms with Gasteiger partial charge in [-0.3, -0.25) is 0 Å². The van der Waals surface area contributed by atoms with Crippen LogP contribution in [0.15, 0.2) is 11.0 Å². The first kappa shape index (κ1) is 12.7. The second kappa shape index (κ2) is 4.23. The molecule has 0 atom stereocenters. The largest absolute Gasteiger partial charge is 0.239 e. The molecule has 15 heavy (non-hydrogen) atoms. The Morgan fingerprint density at radius 3 is 2.20 bits per heavy atom. The maximum atomic E-state index is 11.9. The molecule has 0 aliphatic carbocycles. The molecule has 0 amide bonds. The van der Waals surface area contributed by atoms with Gasteiger partial charge in [0.1, 0.15) is 0 Å². The van der Waals surface area contributed by atoms with Crippen LogP contribution >= 0.6 is 0 Å². The quantitative estimate of drug-likeness (QED) is 0.705. The first-order valence-electron chi connectivity index (χ1n) is 4.73. The number of hydrogen-bond acceptors (Lipinski definition) is 4. The van der Waals surface area contributed by atoms with Gasteiger partial charge in [0.15, 0.2) is 9.84 Å². The molecule has 0 aromatic carbocycles. The molecular weight excluding hydrogens is 238 g/mol. The molecule has 0 radical (unpaired) electrons. The minimum absolute atomic E-state index is 0.0196. The van der Waals surface area contributed by atoms with Crippen LogP contribution < -0.4 is 0 Å². The fourth-order valence-corrected chi connectivity index (χ4v) is 5.13. The molecule has 5 nitrogen and oxygen atoms in total. The minimum atomic E-state index is -3.56. The molecule has 0 fully saturated rings. The maximum absolute atomic E-state index is 11.9. The summed E-state index contributed by atoms with van der Waals surface area (Å²) in [6.07, 6.45) is 1.29. The molecule has 88 valence electrons. The lowest BCUT2D eigenvalue weighted by Crippen LogP contribution is -2.32. The Bertz CT molecular complexity index is 457. The zero-order chi connectivity index (χ0) is 11.7. The molecule has 7 heteroatoms. The van der Waals surface area contributed by atoms with Crippen molar-refractivity contribution in [1.82, 2.24) is 4.31 Å². The van der Waals surface area contributed by atoms with Crippen molar-refractivity contribution in [1.29, 1.82) is 0 Å². The Morgan fingerprint density at radius 2 is 1.87 bits per heavy atom. The molecule has 1 aliphatic rings. The van der Waals surface area contributed by atoms with E-state index in [1.54, 1.807) is 13.8 Å². The minimum Gasteiger partial charge on any atom is -0.228 e. The first-order chi connectivity index (χ1) is 6.83. The predicted octanol–water partition coefficient (Wildman–Crippen LogP) is -0.0297. The topological polar surface area (TPSA) is 71.5 Å². The van der Waals surface area contributed by atoms with Crippen LogP contribution in [0.1, 0.15) is 13.8 Å². The van der Waals surface area contributed by atoms with E-state index < -0.39 is 19.9 Å². The summed E-state index contributed by atoms with van der Waals surface area (Å²) in [6.45, 7) is 4.17. The van der Waals surface area contributed by atoms with E-state index in [1.807, 2.05) is 0 Å². The van der Waals surface area contributed by atoms with Crippen LogP contribution in [0.2, 0.25) is 0 Å². The zero-order valence-corrected chi connectivity index (χ0v) is 10.4. The summed E-state index contributed by atoms with van der Waals surface area (Å²) in [5, 5.41) is 0. The van der Waals surface area contributed by atoms with Crippen molar-refractivity contribution in [3.8, 4) is 0 Å². The Morgan fingerprint density at radius 1 is 1.33 bits per heavy atom. The molecule has 0 spiro atoms. The summed E-state index contributed by atoms with van der Waals surface area (Å²) in [7, 11) is -6.78. The van der Waals surface area contributed by atoms with Crippen LogP contribution in [0, 0.1) is 0 Å². The van der Waals surface area contributed by atoms with Gasteiger partial charge in [-0.25, -0.2) is 16.8 Å². The van der Waals surface area contributed by atoms with Crippen LogP contribution in [0.4, 0.5) is 0 Å². The van der Waals surface area contributed by atoms with Crippen LogP contribution in [0.25, 0.3) is 0 Å². The van der Waals surface area contributed by atoms with Crippen LogP contribution in [0.3, 0.4) is 0 Å². The van der Waals surface area contributed by atoms with Gasteiger partial charge < -0.3 is 0 Å². The van der Waals surface area contributed by atoms with Gasteiger partial charge in [0.2, 0.25) is 10.0 Å². The summed E-state index contributed by atoms with van der Waals surface area (Å²) in [5.74, 6) is -0.519. The normalized spacial score (nSPS) is 20.6. The van der Waals surface area contributed by atoms with Crippen molar-refractivity contribution in [3.63, 3.8) is 0 Å². The highest BCUT2D eigenvalue weighted by molar-refractivity contribution is 7.97. The van der Waals surface area contributed by atoms with E-state index in [9.17, 15) is 16.8 Å². The molecule has 0 aromatic heterocycles. The summed E-state index contributed by atoms with van der Waals surface area (Å²) < 4.78 is 47.3. The van der Waals surface area contributed by atoms with Crippen LogP contribution in [-0.2, 0) is 19.9 Å².